The van der Waals surface area contributed by atoms with Gasteiger partial charge in [0.25, 0.3) is 5.91 Å². The van der Waals surface area contributed by atoms with Crippen LogP contribution in [0.1, 0.15) is 41.4 Å². The lowest BCUT2D eigenvalue weighted by molar-refractivity contribution is 0.0986. The molecule has 0 bridgehead atoms. The monoisotopic (exact) mass is 364 g/mol. The van der Waals surface area contributed by atoms with E-state index in [-0.39, 0.29) is 5.91 Å². The fourth-order valence-corrected chi connectivity index (χ4v) is 3.84. The first-order chi connectivity index (χ1) is 13.1. The van der Waals surface area contributed by atoms with Crippen LogP contribution >= 0.6 is 0 Å². The summed E-state index contributed by atoms with van der Waals surface area (Å²) < 4.78 is 7.39. The van der Waals surface area contributed by atoms with Crippen LogP contribution in [-0.2, 0) is 13.0 Å². The number of fused-ring (bicyclic) bond motifs is 2. The molecule has 0 saturated carbocycles. The summed E-state index contributed by atoms with van der Waals surface area (Å²) in [5.74, 6) is 0.837. The van der Waals surface area contributed by atoms with Gasteiger partial charge in [0.1, 0.15) is 5.75 Å². The van der Waals surface area contributed by atoms with Gasteiger partial charge < -0.3 is 9.64 Å². The zero-order valence-corrected chi connectivity index (χ0v) is 16.0. The Morgan fingerprint density at radius 1 is 1.30 bits per heavy atom. The molecule has 1 aliphatic rings. The van der Waals surface area contributed by atoms with Gasteiger partial charge in [-0.1, -0.05) is 6.07 Å². The highest BCUT2D eigenvalue weighted by Gasteiger charge is 2.26. The third kappa shape index (κ3) is 2.95. The number of hydrogen-bond donors (Lipinski definition) is 0. The molecule has 3 heterocycles. The predicted octanol–water partition coefficient (Wildman–Crippen LogP) is 3.75. The number of carbonyl (C=O) groups excluding carboxylic acids is 1. The number of aryl methyl sites for hydroxylation is 2. The molecule has 0 fully saturated rings. The quantitative estimate of drug-likeness (QED) is 0.710. The summed E-state index contributed by atoms with van der Waals surface area (Å²) >= 11 is 0. The lowest BCUT2D eigenvalue weighted by atomic mass is 10.1. The number of pyridine rings is 1. The maximum absolute atomic E-state index is 13.5. The fourth-order valence-electron chi connectivity index (χ4n) is 3.84. The van der Waals surface area contributed by atoms with Crippen molar-refractivity contribution in [3.05, 3.63) is 47.3 Å². The second-order valence-electron chi connectivity index (χ2n) is 6.87. The van der Waals surface area contributed by atoms with Gasteiger partial charge >= 0.3 is 0 Å². The van der Waals surface area contributed by atoms with Crippen molar-refractivity contribution in [2.45, 2.75) is 39.7 Å². The summed E-state index contributed by atoms with van der Waals surface area (Å²) in [5, 5.41) is 5.25. The van der Waals surface area contributed by atoms with E-state index >= 15 is 0 Å². The van der Waals surface area contributed by atoms with E-state index in [0.717, 1.165) is 59.5 Å². The predicted molar refractivity (Wildman–Crippen MR) is 106 cm³/mol. The van der Waals surface area contributed by atoms with E-state index in [2.05, 4.69) is 10.1 Å². The summed E-state index contributed by atoms with van der Waals surface area (Å²) in [6, 6.07) is 7.84. The molecule has 1 aromatic carbocycles. The summed E-state index contributed by atoms with van der Waals surface area (Å²) in [4.78, 5) is 20.0. The number of amides is 1. The molecule has 2 aromatic heterocycles. The molecular weight excluding hydrogens is 340 g/mol. The standard InChI is InChI=1S/C21H24N4O2/c1-4-25-20-15(13-22-25)12-17(14(2)23-20)21(26)24-11-6-5-8-16-18(24)9-7-10-19(16)27-3/h7,9-10,12-13H,4-6,8,11H2,1-3H3. The zero-order valence-electron chi connectivity index (χ0n) is 16.0. The van der Waals surface area contributed by atoms with Crippen LogP contribution < -0.4 is 9.64 Å². The molecule has 1 aliphatic heterocycles. The van der Waals surface area contributed by atoms with E-state index in [1.165, 1.54) is 0 Å². The van der Waals surface area contributed by atoms with Gasteiger partial charge in [-0.15, -0.1) is 0 Å². The lowest BCUT2D eigenvalue weighted by Crippen LogP contribution is -2.32. The number of carbonyl (C=O) groups is 1. The van der Waals surface area contributed by atoms with Gasteiger partial charge in [-0.05, 0) is 51.3 Å². The Labute approximate surface area is 158 Å². The second kappa shape index (κ2) is 7.02. The number of anilines is 1. The molecule has 0 N–H and O–H groups in total. The average Bonchev–Trinajstić information content (AvgIpc) is 2.95. The fraction of sp³-hybridized carbons (Fsp3) is 0.381. The smallest absolute Gasteiger partial charge is 0.260 e. The van der Waals surface area contributed by atoms with Crippen molar-refractivity contribution in [3.8, 4) is 5.75 Å². The van der Waals surface area contributed by atoms with E-state index in [4.69, 9.17) is 4.74 Å². The molecule has 0 aliphatic carbocycles. The van der Waals surface area contributed by atoms with Crippen LogP contribution in [0.4, 0.5) is 5.69 Å². The second-order valence-corrected chi connectivity index (χ2v) is 6.87. The number of aromatic nitrogens is 3. The minimum Gasteiger partial charge on any atom is -0.496 e. The van der Waals surface area contributed by atoms with Gasteiger partial charge in [-0.25, -0.2) is 9.67 Å². The van der Waals surface area contributed by atoms with Crippen molar-refractivity contribution in [3.63, 3.8) is 0 Å². The Bertz CT molecular complexity index is 1010. The minimum atomic E-state index is -0.0115. The molecule has 0 radical (unpaired) electrons. The van der Waals surface area contributed by atoms with Gasteiger partial charge in [0, 0.05) is 24.0 Å². The molecular formula is C21H24N4O2. The topological polar surface area (TPSA) is 60.2 Å². The molecule has 27 heavy (non-hydrogen) atoms. The first kappa shape index (κ1) is 17.5. The van der Waals surface area contributed by atoms with Crippen LogP contribution in [0.25, 0.3) is 11.0 Å². The molecule has 3 aromatic rings. The maximum atomic E-state index is 13.5. The Morgan fingerprint density at radius 3 is 2.93 bits per heavy atom. The third-order valence-corrected chi connectivity index (χ3v) is 5.25. The van der Waals surface area contributed by atoms with Crippen molar-refractivity contribution >= 4 is 22.6 Å². The maximum Gasteiger partial charge on any atom is 0.260 e. The van der Waals surface area contributed by atoms with Crippen LogP contribution in [0.15, 0.2) is 30.5 Å². The van der Waals surface area contributed by atoms with Crippen molar-refractivity contribution in [1.82, 2.24) is 14.8 Å². The molecule has 1 amide bonds. The molecule has 0 atom stereocenters. The average molecular weight is 364 g/mol. The van der Waals surface area contributed by atoms with Crippen LogP contribution in [0.5, 0.6) is 5.75 Å². The summed E-state index contributed by atoms with van der Waals surface area (Å²) in [6.07, 6.45) is 4.70. The SMILES string of the molecule is CCn1ncc2cc(C(=O)N3CCCCc4c(OC)cccc43)c(C)nc21. The van der Waals surface area contributed by atoms with Crippen molar-refractivity contribution in [1.29, 1.82) is 0 Å². The third-order valence-electron chi connectivity index (χ3n) is 5.25. The van der Waals surface area contributed by atoms with Gasteiger partial charge in [0.2, 0.25) is 0 Å². The largest absolute Gasteiger partial charge is 0.496 e. The van der Waals surface area contributed by atoms with Crippen LogP contribution in [0, 0.1) is 6.92 Å². The van der Waals surface area contributed by atoms with Crippen molar-refractivity contribution < 1.29 is 9.53 Å². The Kier molecular flexibility index (Phi) is 4.56. The van der Waals surface area contributed by atoms with E-state index in [9.17, 15) is 4.79 Å². The highest BCUT2D eigenvalue weighted by Crippen LogP contribution is 2.34. The van der Waals surface area contributed by atoms with E-state index < -0.39 is 0 Å². The van der Waals surface area contributed by atoms with Crippen LogP contribution in [-0.4, -0.2) is 34.3 Å². The number of benzene rings is 1. The highest BCUT2D eigenvalue weighted by molar-refractivity contribution is 6.08. The molecule has 0 saturated heterocycles. The molecule has 6 heteroatoms. The van der Waals surface area contributed by atoms with Crippen LogP contribution in [0.3, 0.4) is 0 Å². The summed E-state index contributed by atoms with van der Waals surface area (Å²) in [5.41, 5.74) is 4.24. The van der Waals surface area contributed by atoms with Gasteiger partial charge in [0.05, 0.1) is 30.3 Å². The number of methoxy groups -OCH3 is 1. The summed E-state index contributed by atoms with van der Waals surface area (Å²) in [7, 11) is 1.68. The minimum absolute atomic E-state index is 0.0115. The zero-order chi connectivity index (χ0) is 19.0. The Hall–Kier alpha value is -2.89. The van der Waals surface area contributed by atoms with Crippen molar-refractivity contribution in [2.24, 2.45) is 0 Å². The summed E-state index contributed by atoms with van der Waals surface area (Å²) in [6.45, 7) is 5.38. The van der Waals surface area contributed by atoms with Gasteiger partial charge in [-0.3, -0.25) is 4.79 Å². The highest BCUT2D eigenvalue weighted by atomic mass is 16.5. The van der Waals surface area contributed by atoms with E-state index in [1.54, 1.807) is 13.3 Å². The number of hydrogen-bond acceptors (Lipinski definition) is 4. The Balaban J connectivity index is 1.79. The first-order valence-corrected chi connectivity index (χ1v) is 9.45. The first-order valence-electron chi connectivity index (χ1n) is 9.45. The molecule has 0 spiro atoms. The van der Waals surface area contributed by atoms with Gasteiger partial charge in [-0.2, -0.15) is 5.10 Å². The normalized spacial score (nSPS) is 14.1. The number of rotatable bonds is 3. The number of nitrogens with zero attached hydrogens (tertiary/aromatic N) is 4. The van der Waals surface area contributed by atoms with Gasteiger partial charge in [0.15, 0.2) is 5.65 Å². The Morgan fingerprint density at radius 2 is 2.15 bits per heavy atom. The van der Waals surface area contributed by atoms with Crippen LogP contribution in [0.2, 0.25) is 0 Å². The lowest BCUT2D eigenvalue weighted by Gasteiger charge is -2.24. The molecule has 140 valence electrons. The number of ether oxygens (including phenoxy) is 1. The molecule has 4 rings (SSSR count). The van der Waals surface area contributed by atoms with E-state index in [0.29, 0.717) is 12.1 Å². The molecule has 0 unspecified atom stereocenters. The van der Waals surface area contributed by atoms with E-state index in [1.807, 2.05) is 47.7 Å². The molecule has 6 nitrogen and oxygen atoms in total. The van der Waals surface area contributed by atoms with Crippen molar-refractivity contribution in [2.75, 3.05) is 18.6 Å².